The minimum Gasteiger partial charge on any atom is -0.331 e. The Labute approximate surface area is 114 Å². The van der Waals surface area contributed by atoms with Crippen LogP contribution in [0.1, 0.15) is 42.5 Å². The number of hydrogen-bond donors (Lipinski definition) is 1. The van der Waals surface area contributed by atoms with Crippen LogP contribution in [0.3, 0.4) is 0 Å². The van der Waals surface area contributed by atoms with Crippen LogP contribution in [0.25, 0.3) is 0 Å². The second kappa shape index (κ2) is 5.25. The molecule has 0 bridgehead atoms. The topological polar surface area (TPSA) is 58.1 Å². The molecule has 2 rings (SSSR count). The highest BCUT2D eigenvalue weighted by atomic mass is 16.2. The quantitative estimate of drug-likeness (QED) is 0.869. The molecule has 19 heavy (non-hydrogen) atoms. The first-order valence-corrected chi connectivity index (χ1v) is 6.81. The molecule has 0 unspecified atom stereocenters. The third-order valence-corrected chi connectivity index (χ3v) is 3.60. The average molecular weight is 262 g/mol. The first kappa shape index (κ1) is 13.9. The van der Waals surface area contributed by atoms with Gasteiger partial charge in [-0.25, -0.2) is 0 Å². The average Bonchev–Trinajstić information content (AvgIpc) is 2.37. The van der Waals surface area contributed by atoms with Gasteiger partial charge in [0.25, 0.3) is 5.91 Å². The monoisotopic (exact) mass is 262 g/mol. The highest BCUT2D eigenvalue weighted by molar-refractivity contribution is 5.96. The molecule has 0 spiro atoms. The summed E-state index contributed by atoms with van der Waals surface area (Å²) in [5.74, 6) is 0.0707. The Bertz CT molecular complexity index is 484. The van der Waals surface area contributed by atoms with Crippen molar-refractivity contribution in [3.63, 3.8) is 0 Å². The smallest absolute Gasteiger partial charge is 0.256 e. The molecule has 1 aliphatic heterocycles. The summed E-state index contributed by atoms with van der Waals surface area (Å²) in [7, 11) is 0. The summed E-state index contributed by atoms with van der Waals surface area (Å²) in [5.41, 5.74) is 2.10. The Morgan fingerprint density at radius 1 is 1.47 bits per heavy atom. The van der Waals surface area contributed by atoms with Gasteiger partial charge in [-0.15, -0.1) is 0 Å². The van der Waals surface area contributed by atoms with E-state index in [9.17, 15) is 4.79 Å². The van der Waals surface area contributed by atoms with Gasteiger partial charge in [-0.1, -0.05) is 6.92 Å². The lowest BCUT2D eigenvalue weighted by molar-refractivity contribution is 0.0475. The number of hydrogen-bond acceptors (Lipinski definition) is 4. The Hall–Kier alpha value is -1.49. The van der Waals surface area contributed by atoms with Crippen molar-refractivity contribution in [1.82, 2.24) is 20.4 Å². The van der Waals surface area contributed by atoms with Crippen molar-refractivity contribution in [2.24, 2.45) is 0 Å². The fourth-order valence-corrected chi connectivity index (χ4v) is 2.47. The molecule has 1 aromatic heterocycles. The Morgan fingerprint density at radius 3 is 2.84 bits per heavy atom. The van der Waals surface area contributed by atoms with Crippen LogP contribution < -0.4 is 5.32 Å². The zero-order valence-corrected chi connectivity index (χ0v) is 12.2. The van der Waals surface area contributed by atoms with Gasteiger partial charge in [0.2, 0.25) is 0 Å². The molecule has 1 fully saturated rings. The largest absolute Gasteiger partial charge is 0.331 e. The summed E-state index contributed by atoms with van der Waals surface area (Å²) in [5, 5.41) is 11.5. The van der Waals surface area contributed by atoms with Crippen LogP contribution in [0.5, 0.6) is 0 Å². The molecule has 104 valence electrons. The molecule has 2 heterocycles. The molecule has 0 saturated carbocycles. The van der Waals surface area contributed by atoms with Crippen LogP contribution in [-0.4, -0.2) is 46.2 Å². The zero-order valence-electron chi connectivity index (χ0n) is 12.2. The summed E-state index contributed by atoms with van der Waals surface area (Å²) in [6.07, 6.45) is 0.723. The third kappa shape index (κ3) is 2.76. The molecule has 5 heteroatoms. The Balaban J connectivity index is 2.35. The second-order valence-corrected chi connectivity index (χ2v) is 5.65. The van der Waals surface area contributed by atoms with E-state index in [1.54, 1.807) is 0 Å². The summed E-state index contributed by atoms with van der Waals surface area (Å²) >= 11 is 0. The van der Waals surface area contributed by atoms with E-state index in [1.165, 1.54) is 0 Å². The van der Waals surface area contributed by atoms with Crippen molar-refractivity contribution in [2.45, 2.75) is 39.7 Å². The number of rotatable bonds is 2. The van der Waals surface area contributed by atoms with Crippen molar-refractivity contribution >= 4 is 5.91 Å². The third-order valence-electron chi connectivity index (χ3n) is 3.60. The van der Waals surface area contributed by atoms with Crippen molar-refractivity contribution in [2.75, 3.05) is 19.6 Å². The molecular weight excluding hydrogens is 240 g/mol. The standard InChI is InChI=1S/C14H22N4O/c1-5-12-11(8-10(2)16-17-12)13(19)18-7-6-15-9-14(18,3)4/h8,15H,5-7,9H2,1-4H3. The molecule has 0 atom stereocenters. The van der Waals surface area contributed by atoms with E-state index < -0.39 is 0 Å². The van der Waals surface area contributed by atoms with E-state index in [-0.39, 0.29) is 11.4 Å². The Morgan fingerprint density at radius 2 is 2.21 bits per heavy atom. The summed E-state index contributed by atoms with van der Waals surface area (Å²) in [6, 6.07) is 1.85. The highest BCUT2D eigenvalue weighted by Crippen LogP contribution is 2.21. The predicted octanol–water partition coefficient (Wildman–Crippen LogP) is 1.17. The molecule has 1 saturated heterocycles. The summed E-state index contributed by atoms with van der Waals surface area (Å²) < 4.78 is 0. The lowest BCUT2D eigenvalue weighted by Gasteiger charge is -2.43. The number of carbonyl (C=O) groups is 1. The minimum atomic E-state index is -0.169. The molecule has 1 aliphatic rings. The molecule has 0 radical (unpaired) electrons. The highest BCUT2D eigenvalue weighted by Gasteiger charge is 2.34. The van der Waals surface area contributed by atoms with Crippen molar-refractivity contribution in [3.8, 4) is 0 Å². The maximum absolute atomic E-state index is 12.8. The fourth-order valence-electron chi connectivity index (χ4n) is 2.47. The van der Waals surface area contributed by atoms with Gasteiger partial charge in [-0.3, -0.25) is 4.79 Å². The van der Waals surface area contributed by atoms with E-state index in [4.69, 9.17) is 0 Å². The first-order chi connectivity index (χ1) is 8.95. The number of piperazine rings is 1. The van der Waals surface area contributed by atoms with Crippen LogP contribution in [0.15, 0.2) is 6.07 Å². The first-order valence-electron chi connectivity index (χ1n) is 6.81. The molecular formula is C14H22N4O. The van der Waals surface area contributed by atoms with Crippen molar-refractivity contribution < 1.29 is 4.79 Å². The van der Waals surface area contributed by atoms with E-state index >= 15 is 0 Å². The van der Waals surface area contributed by atoms with Crippen molar-refractivity contribution in [1.29, 1.82) is 0 Å². The number of nitrogens with one attached hydrogen (secondary N) is 1. The lowest BCUT2D eigenvalue weighted by Crippen LogP contribution is -2.60. The molecule has 0 aromatic carbocycles. The van der Waals surface area contributed by atoms with Crippen LogP contribution >= 0.6 is 0 Å². The zero-order chi connectivity index (χ0) is 14.0. The second-order valence-electron chi connectivity index (χ2n) is 5.65. The number of nitrogens with zero attached hydrogens (tertiary/aromatic N) is 3. The van der Waals surface area contributed by atoms with E-state index in [2.05, 4.69) is 29.4 Å². The van der Waals surface area contributed by atoms with Gasteiger partial charge < -0.3 is 10.2 Å². The predicted molar refractivity (Wildman–Crippen MR) is 74.1 cm³/mol. The van der Waals surface area contributed by atoms with Gasteiger partial charge in [-0.2, -0.15) is 10.2 Å². The van der Waals surface area contributed by atoms with Gasteiger partial charge in [0, 0.05) is 19.6 Å². The molecule has 1 N–H and O–H groups in total. The van der Waals surface area contributed by atoms with Crippen LogP contribution in [0.2, 0.25) is 0 Å². The van der Waals surface area contributed by atoms with Crippen LogP contribution in [0.4, 0.5) is 0 Å². The maximum Gasteiger partial charge on any atom is 0.256 e. The van der Waals surface area contributed by atoms with Gasteiger partial charge in [0.05, 0.1) is 22.5 Å². The number of aryl methyl sites for hydroxylation is 2. The number of aromatic nitrogens is 2. The molecule has 1 amide bonds. The Kier molecular flexibility index (Phi) is 3.85. The fraction of sp³-hybridized carbons (Fsp3) is 0.643. The van der Waals surface area contributed by atoms with Crippen molar-refractivity contribution in [3.05, 3.63) is 23.0 Å². The number of carbonyl (C=O) groups excluding carboxylic acids is 1. The van der Waals surface area contributed by atoms with E-state index in [1.807, 2.05) is 24.8 Å². The minimum absolute atomic E-state index is 0.0707. The summed E-state index contributed by atoms with van der Waals surface area (Å²) in [4.78, 5) is 14.7. The molecule has 1 aromatic rings. The maximum atomic E-state index is 12.8. The van der Waals surface area contributed by atoms with E-state index in [0.717, 1.165) is 37.4 Å². The van der Waals surface area contributed by atoms with Gasteiger partial charge >= 0.3 is 0 Å². The molecule has 0 aliphatic carbocycles. The van der Waals surface area contributed by atoms with Gasteiger partial charge in [-0.05, 0) is 33.3 Å². The van der Waals surface area contributed by atoms with E-state index in [0.29, 0.717) is 5.56 Å². The lowest BCUT2D eigenvalue weighted by atomic mass is 9.98. The van der Waals surface area contributed by atoms with Gasteiger partial charge in [0.15, 0.2) is 0 Å². The molecule has 5 nitrogen and oxygen atoms in total. The summed E-state index contributed by atoms with van der Waals surface area (Å²) in [6.45, 7) is 10.4. The number of amides is 1. The van der Waals surface area contributed by atoms with Crippen LogP contribution in [0, 0.1) is 6.92 Å². The normalized spacial score (nSPS) is 18.4. The SMILES string of the molecule is CCc1nnc(C)cc1C(=O)N1CCNCC1(C)C. The van der Waals surface area contributed by atoms with Crippen LogP contribution in [-0.2, 0) is 6.42 Å². The van der Waals surface area contributed by atoms with Gasteiger partial charge in [0.1, 0.15) is 0 Å².